The number of hydrogen-bond acceptors (Lipinski definition) is 6. The Bertz CT molecular complexity index is 747. The largest absolute Gasteiger partial charge is 0.455 e. The summed E-state index contributed by atoms with van der Waals surface area (Å²) in [6.07, 6.45) is 1.48. The van der Waals surface area contributed by atoms with E-state index in [1.165, 1.54) is 17.6 Å². The summed E-state index contributed by atoms with van der Waals surface area (Å²) in [5, 5.41) is 10.9. The number of rotatable bonds is 5. The Labute approximate surface area is 130 Å². The fourth-order valence-electron chi connectivity index (χ4n) is 1.86. The van der Waals surface area contributed by atoms with Crippen molar-refractivity contribution in [2.45, 2.75) is 13.2 Å². The molecular formula is C16H13NO4S. The standard InChI is InChI=1S/C16H13NO4S/c18-8-11-3-5-12(6-4-11)16(19)21-10-13-9-20-15(17-13)14-2-1-7-22-14/h1-7,9,18H,8,10H2. The van der Waals surface area contributed by atoms with Gasteiger partial charge in [-0.05, 0) is 29.1 Å². The number of aromatic nitrogens is 1. The molecule has 0 amide bonds. The van der Waals surface area contributed by atoms with Gasteiger partial charge in [0.15, 0.2) is 0 Å². The second kappa shape index (κ2) is 6.55. The molecule has 1 N–H and O–H groups in total. The van der Waals surface area contributed by atoms with Crippen LogP contribution in [0.3, 0.4) is 0 Å². The number of esters is 1. The van der Waals surface area contributed by atoms with Gasteiger partial charge in [0.1, 0.15) is 18.6 Å². The maximum absolute atomic E-state index is 11.9. The van der Waals surface area contributed by atoms with Crippen LogP contribution in [0.1, 0.15) is 21.6 Å². The van der Waals surface area contributed by atoms with Crippen molar-refractivity contribution in [2.75, 3.05) is 0 Å². The van der Waals surface area contributed by atoms with Gasteiger partial charge in [-0.15, -0.1) is 11.3 Å². The second-order valence-corrected chi connectivity index (χ2v) is 5.50. The van der Waals surface area contributed by atoms with Gasteiger partial charge in [-0.2, -0.15) is 0 Å². The van der Waals surface area contributed by atoms with Gasteiger partial charge in [-0.25, -0.2) is 9.78 Å². The molecule has 0 saturated carbocycles. The van der Waals surface area contributed by atoms with Crippen LogP contribution in [0.5, 0.6) is 0 Å². The molecule has 1 aromatic carbocycles. The third-order valence-electron chi connectivity index (χ3n) is 3.01. The summed E-state index contributed by atoms with van der Waals surface area (Å²) in [7, 11) is 0. The fraction of sp³-hybridized carbons (Fsp3) is 0.125. The molecule has 0 aliphatic rings. The lowest BCUT2D eigenvalue weighted by atomic mass is 10.1. The molecule has 0 spiro atoms. The number of ether oxygens (including phenoxy) is 1. The number of oxazole rings is 1. The Morgan fingerprint density at radius 3 is 2.77 bits per heavy atom. The zero-order chi connectivity index (χ0) is 15.4. The molecule has 0 aliphatic heterocycles. The summed E-state index contributed by atoms with van der Waals surface area (Å²) >= 11 is 1.53. The molecule has 0 atom stereocenters. The van der Waals surface area contributed by atoms with E-state index in [4.69, 9.17) is 14.3 Å². The number of hydrogen-bond donors (Lipinski definition) is 1. The maximum atomic E-state index is 11.9. The molecule has 112 valence electrons. The van der Waals surface area contributed by atoms with Gasteiger partial charge in [-0.3, -0.25) is 0 Å². The van der Waals surface area contributed by atoms with Crippen LogP contribution in [0.4, 0.5) is 0 Å². The molecule has 5 nitrogen and oxygen atoms in total. The highest BCUT2D eigenvalue weighted by Gasteiger charge is 2.11. The highest BCUT2D eigenvalue weighted by Crippen LogP contribution is 2.23. The van der Waals surface area contributed by atoms with E-state index >= 15 is 0 Å². The first kappa shape index (κ1) is 14.5. The lowest BCUT2D eigenvalue weighted by Crippen LogP contribution is -2.05. The highest BCUT2D eigenvalue weighted by molar-refractivity contribution is 7.13. The monoisotopic (exact) mass is 315 g/mol. The van der Waals surface area contributed by atoms with Crippen LogP contribution in [0, 0.1) is 0 Å². The van der Waals surface area contributed by atoms with E-state index in [-0.39, 0.29) is 13.2 Å². The summed E-state index contributed by atoms with van der Waals surface area (Å²) in [6.45, 7) is -0.00474. The Balaban J connectivity index is 1.61. The van der Waals surface area contributed by atoms with Gasteiger partial charge in [0.05, 0.1) is 17.0 Å². The number of aliphatic hydroxyl groups excluding tert-OH is 1. The van der Waals surface area contributed by atoms with Crippen LogP contribution in [0.2, 0.25) is 0 Å². The summed E-state index contributed by atoms with van der Waals surface area (Å²) in [6, 6.07) is 10.4. The van der Waals surface area contributed by atoms with Gasteiger partial charge in [-0.1, -0.05) is 18.2 Å². The predicted molar refractivity (Wildman–Crippen MR) is 81.3 cm³/mol. The highest BCUT2D eigenvalue weighted by atomic mass is 32.1. The Morgan fingerprint density at radius 1 is 1.27 bits per heavy atom. The van der Waals surface area contributed by atoms with Crippen molar-refractivity contribution in [3.8, 4) is 10.8 Å². The van der Waals surface area contributed by atoms with E-state index in [2.05, 4.69) is 4.98 Å². The zero-order valence-electron chi connectivity index (χ0n) is 11.6. The van der Waals surface area contributed by atoms with Gasteiger partial charge in [0, 0.05) is 0 Å². The SMILES string of the molecule is O=C(OCc1coc(-c2cccs2)n1)c1ccc(CO)cc1. The minimum Gasteiger partial charge on any atom is -0.455 e. The van der Waals surface area contributed by atoms with Crippen molar-refractivity contribution in [2.24, 2.45) is 0 Å². The fourth-order valence-corrected chi connectivity index (χ4v) is 2.51. The average Bonchev–Trinajstić information content (AvgIpc) is 3.23. The molecule has 2 heterocycles. The predicted octanol–water partition coefficient (Wildman–Crippen LogP) is 3.25. The lowest BCUT2D eigenvalue weighted by molar-refractivity contribution is 0.0467. The molecule has 0 aliphatic carbocycles. The van der Waals surface area contributed by atoms with Crippen molar-refractivity contribution >= 4 is 17.3 Å². The van der Waals surface area contributed by atoms with Crippen LogP contribution >= 0.6 is 11.3 Å². The Morgan fingerprint density at radius 2 is 2.09 bits per heavy atom. The van der Waals surface area contributed by atoms with Crippen molar-refractivity contribution in [3.05, 3.63) is 64.9 Å². The summed E-state index contributed by atoms with van der Waals surface area (Å²) in [5.41, 5.74) is 1.73. The molecular weight excluding hydrogens is 302 g/mol. The Kier molecular flexibility index (Phi) is 4.32. The number of benzene rings is 1. The van der Waals surface area contributed by atoms with Crippen LogP contribution in [0.25, 0.3) is 10.8 Å². The third-order valence-corrected chi connectivity index (χ3v) is 3.86. The summed E-state index contributed by atoms with van der Waals surface area (Å²) < 4.78 is 10.6. The first-order valence-electron chi connectivity index (χ1n) is 6.61. The van der Waals surface area contributed by atoms with Gasteiger partial charge >= 0.3 is 5.97 Å². The molecule has 3 rings (SSSR count). The van der Waals surface area contributed by atoms with Crippen molar-refractivity contribution in [1.82, 2.24) is 4.98 Å². The smallest absolute Gasteiger partial charge is 0.338 e. The lowest BCUT2D eigenvalue weighted by Gasteiger charge is -2.03. The molecule has 2 aromatic heterocycles. The molecule has 0 bridgehead atoms. The number of carbonyl (C=O) groups is 1. The topological polar surface area (TPSA) is 72.6 Å². The zero-order valence-corrected chi connectivity index (χ0v) is 12.4. The molecule has 0 saturated heterocycles. The van der Waals surface area contributed by atoms with Crippen molar-refractivity contribution in [3.63, 3.8) is 0 Å². The van der Waals surface area contributed by atoms with Crippen LogP contribution < -0.4 is 0 Å². The van der Waals surface area contributed by atoms with Gasteiger partial charge in [0.2, 0.25) is 5.89 Å². The van der Waals surface area contributed by atoms with E-state index in [1.54, 1.807) is 24.3 Å². The number of aliphatic hydroxyl groups is 1. The van der Waals surface area contributed by atoms with E-state index in [0.717, 1.165) is 10.4 Å². The number of carbonyl (C=O) groups excluding carboxylic acids is 1. The molecule has 0 radical (unpaired) electrons. The van der Waals surface area contributed by atoms with Gasteiger partial charge < -0.3 is 14.3 Å². The number of thiophene rings is 1. The minimum atomic E-state index is -0.440. The molecule has 3 aromatic rings. The normalized spacial score (nSPS) is 10.6. The Hall–Kier alpha value is -2.44. The molecule has 6 heteroatoms. The summed E-state index contributed by atoms with van der Waals surface area (Å²) in [5.74, 6) is 0.0820. The first-order chi connectivity index (χ1) is 10.8. The summed E-state index contributed by atoms with van der Waals surface area (Å²) in [4.78, 5) is 17.1. The van der Waals surface area contributed by atoms with E-state index in [0.29, 0.717) is 17.1 Å². The van der Waals surface area contributed by atoms with Crippen molar-refractivity contribution < 1.29 is 19.1 Å². The second-order valence-electron chi connectivity index (χ2n) is 4.55. The minimum absolute atomic E-state index is 0.0511. The van der Waals surface area contributed by atoms with Crippen LogP contribution in [-0.4, -0.2) is 16.1 Å². The van der Waals surface area contributed by atoms with Gasteiger partial charge in [0.25, 0.3) is 0 Å². The molecule has 22 heavy (non-hydrogen) atoms. The molecule has 0 unspecified atom stereocenters. The molecule has 0 fully saturated rings. The number of nitrogens with zero attached hydrogens (tertiary/aromatic N) is 1. The first-order valence-corrected chi connectivity index (χ1v) is 7.49. The third kappa shape index (κ3) is 3.24. The average molecular weight is 315 g/mol. The maximum Gasteiger partial charge on any atom is 0.338 e. The van der Waals surface area contributed by atoms with E-state index < -0.39 is 5.97 Å². The quantitative estimate of drug-likeness (QED) is 0.732. The van der Waals surface area contributed by atoms with Crippen LogP contribution in [0.15, 0.2) is 52.5 Å². The van der Waals surface area contributed by atoms with Crippen molar-refractivity contribution in [1.29, 1.82) is 0 Å². The van der Waals surface area contributed by atoms with E-state index in [1.807, 2.05) is 17.5 Å². The van der Waals surface area contributed by atoms with E-state index in [9.17, 15) is 4.79 Å². The van der Waals surface area contributed by atoms with Crippen LogP contribution in [-0.2, 0) is 18.0 Å².